The van der Waals surface area contributed by atoms with Crippen molar-refractivity contribution in [2.75, 3.05) is 0 Å². The lowest BCUT2D eigenvalue weighted by Gasteiger charge is -2.03. The highest BCUT2D eigenvalue weighted by molar-refractivity contribution is 5.94. The van der Waals surface area contributed by atoms with Crippen molar-refractivity contribution in [3.8, 4) is 0 Å². The van der Waals surface area contributed by atoms with E-state index in [1.807, 2.05) is 30.3 Å². The molecule has 21 heavy (non-hydrogen) atoms. The lowest BCUT2D eigenvalue weighted by Crippen LogP contribution is -2.22. The fourth-order valence-electron chi connectivity index (χ4n) is 2.11. The second-order valence-electron chi connectivity index (χ2n) is 5.62. The molecule has 2 rings (SSSR count). The summed E-state index contributed by atoms with van der Waals surface area (Å²) in [5, 5.41) is 6.85. The van der Waals surface area contributed by atoms with Gasteiger partial charge >= 0.3 is 0 Å². The van der Waals surface area contributed by atoms with Crippen LogP contribution in [0.3, 0.4) is 0 Å². The molecule has 1 N–H and O–H groups in total. The van der Waals surface area contributed by atoms with Gasteiger partial charge in [-0.1, -0.05) is 38.1 Å². The number of nitrogens with zero attached hydrogens (tertiary/aromatic N) is 1. The second-order valence-corrected chi connectivity index (χ2v) is 5.62. The minimum atomic E-state index is -0.0977. The fourth-order valence-corrected chi connectivity index (χ4v) is 2.11. The standard InChI is InChI=1S/C17H22N2O2/c1-4-13-5-7-14(8-6-13)17(20)18-11-16-10-15(19-21-16)9-12(2)3/h5-8,10,12H,4,9,11H2,1-3H3,(H,18,20). The van der Waals surface area contributed by atoms with Crippen LogP contribution in [0.2, 0.25) is 0 Å². The number of carbonyl (C=O) groups is 1. The van der Waals surface area contributed by atoms with Crippen LogP contribution in [-0.2, 0) is 19.4 Å². The molecule has 1 aromatic heterocycles. The highest BCUT2D eigenvalue weighted by Crippen LogP contribution is 2.10. The molecule has 0 radical (unpaired) electrons. The van der Waals surface area contributed by atoms with E-state index in [9.17, 15) is 4.79 Å². The first-order chi connectivity index (χ1) is 10.1. The first-order valence-corrected chi connectivity index (χ1v) is 7.40. The van der Waals surface area contributed by atoms with E-state index in [1.54, 1.807) is 0 Å². The minimum absolute atomic E-state index is 0.0977. The number of nitrogens with one attached hydrogen (secondary N) is 1. The van der Waals surface area contributed by atoms with Crippen LogP contribution in [0.1, 0.15) is 48.1 Å². The smallest absolute Gasteiger partial charge is 0.251 e. The van der Waals surface area contributed by atoms with E-state index >= 15 is 0 Å². The zero-order valence-corrected chi connectivity index (χ0v) is 12.8. The van der Waals surface area contributed by atoms with E-state index in [0.717, 1.165) is 18.5 Å². The molecule has 112 valence electrons. The molecule has 4 heteroatoms. The van der Waals surface area contributed by atoms with E-state index in [2.05, 4.69) is 31.2 Å². The first-order valence-electron chi connectivity index (χ1n) is 7.40. The maximum absolute atomic E-state index is 12.0. The summed E-state index contributed by atoms with van der Waals surface area (Å²) >= 11 is 0. The SMILES string of the molecule is CCc1ccc(C(=O)NCc2cc(CC(C)C)no2)cc1. The minimum Gasteiger partial charge on any atom is -0.359 e. The lowest BCUT2D eigenvalue weighted by molar-refractivity contribution is 0.0947. The molecule has 0 atom stereocenters. The Labute approximate surface area is 125 Å². The Bertz CT molecular complexity index is 585. The molecule has 0 bridgehead atoms. The van der Waals surface area contributed by atoms with Crippen molar-refractivity contribution in [3.63, 3.8) is 0 Å². The molecule has 0 unspecified atom stereocenters. The van der Waals surface area contributed by atoms with Gasteiger partial charge in [-0.15, -0.1) is 0 Å². The third-order valence-electron chi connectivity index (χ3n) is 3.27. The summed E-state index contributed by atoms with van der Waals surface area (Å²) in [6.45, 7) is 6.72. The Morgan fingerprint density at radius 2 is 2.00 bits per heavy atom. The summed E-state index contributed by atoms with van der Waals surface area (Å²) in [4.78, 5) is 12.0. The third kappa shape index (κ3) is 4.45. The van der Waals surface area contributed by atoms with Gasteiger partial charge in [0.05, 0.1) is 12.2 Å². The molecule has 4 nitrogen and oxygen atoms in total. The number of hydrogen-bond donors (Lipinski definition) is 1. The van der Waals surface area contributed by atoms with Crippen molar-refractivity contribution in [2.45, 2.75) is 40.2 Å². The summed E-state index contributed by atoms with van der Waals surface area (Å²) in [6.07, 6.45) is 1.86. The van der Waals surface area contributed by atoms with Crippen molar-refractivity contribution in [3.05, 3.63) is 52.9 Å². The average molecular weight is 286 g/mol. The molecule has 1 amide bonds. The van der Waals surface area contributed by atoms with Crippen molar-refractivity contribution in [1.29, 1.82) is 0 Å². The topological polar surface area (TPSA) is 55.1 Å². The number of rotatable bonds is 6. The van der Waals surface area contributed by atoms with Crippen molar-refractivity contribution in [1.82, 2.24) is 10.5 Å². The van der Waals surface area contributed by atoms with Gasteiger partial charge in [-0.2, -0.15) is 0 Å². The maximum atomic E-state index is 12.0. The first kappa shape index (κ1) is 15.3. The predicted octanol–water partition coefficient (Wildman–Crippen LogP) is 3.37. The van der Waals surface area contributed by atoms with Crippen LogP contribution in [0.5, 0.6) is 0 Å². The van der Waals surface area contributed by atoms with Gasteiger partial charge in [0.15, 0.2) is 5.76 Å². The Balaban J connectivity index is 1.89. The van der Waals surface area contributed by atoms with Crippen LogP contribution < -0.4 is 5.32 Å². The van der Waals surface area contributed by atoms with Crippen LogP contribution in [0.25, 0.3) is 0 Å². The van der Waals surface area contributed by atoms with Gasteiger partial charge in [-0.25, -0.2) is 0 Å². The summed E-state index contributed by atoms with van der Waals surface area (Å²) in [7, 11) is 0. The molecule has 0 aliphatic rings. The number of carbonyl (C=O) groups excluding carboxylic acids is 1. The summed E-state index contributed by atoms with van der Waals surface area (Å²) in [5.74, 6) is 1.12. The summed E-state index contributed by atoms with van der Waals surface area (Å²) in [5.41, 5.74) is 2.82. The highest BCUT2D eigenvalue weighted by atomic mass is 16.5. The monoisotopic (exact) mass is 286 g/mol. The maximum Gasteiger partial charge on any atom is 0.251 e. The number of aromatic nitrogens is 1. The van der Waals surface area contributed by atoms with Gasteiger partial charge in [0.1, 0.15) is 0 Å². The molecule has 0 aliphatic carbocycles. The van der Waals surface area contributed by atoms with Crippen molar-refractivity contribution < 1.29 is 9.32 Å². The molecule has 1 heterocycles. The van der Waals surface area contributed by atoms with Gasteiger partial charge in [0.25, 0.3) is 5.91 Å². The molecule has 0 aliphatic heterocycles. The average Bonchev–Trinajstić information content (AvgIpc) is 2.91. The predicted molar refractivity (Wildman–Crippen MR) is 82.0 cm³/mol. The molecule has 0 fully saturated rings. The van der Waals surface area contributed by atoms with Crippen LogP contribution in [-0.4, -0.2) is 11.1 Å². The summed E-state index contributed by atoms with van der Waals surface area (Å²) < 4.78 is 5.22. The second kappa shape index (κ2) is 7.07. The molecule has 0 saturated carbocycles. The molecular formula is C17H22N2O2. The molecular weight excluding hydrogens is 264 g/mol. The molecule has 2 aromatic rings. The van der Waals surface area contributed by atoms with E-state index in [-0.39, 0.29) is 5.91 Å². The van der Waals surface area contributed by atoms with E-state index < -0.39 is 0 Å². The van der Waals surface area contributed by atoms with Gasteiger partial charge in [-0.05, 0) is 36.5 Å². The van der Waals surface area contributed by atoms with Crippen molar-refractivity contribution in [2.24, 2.45) is 5.92 Å². The van der Waals surface area contributed by atoms with Gasteiger partial charge in [-0.3, -0.25) is 4.79 Å². The van der Waals surface area contributed by atoms with Gasteiger partial charge in [0.2, 0.25) is 0 Å². The number of amides is 1. The Hall–Kier alpha value is -2.10. The fraction of sp³-hybridized carbons (Fsp3) is 0.412. The number of benzene rings is 1. The third-order valence-corrected chi connectivity index (χ3v) is 3.27. The van der Waals surface area contributed by atoms with Crippen LogP contribution in [0, 0.1) is 5.92 Å². The van der Waals surface area contributed by atoms with E-state index in [1.165, 1.54) is 5.56 Å². The number of aryl methyl sites for hydroxylation is 1. The van der Waals surface area contributed by atoms with E-state index in [0.29, 0.717) is 23.8 Å². The van der Waals surface area contributed by atoms with Crippen LogP contribution in [0.4, 0.5) is 0 Å². The van der Waals surface area contributed by atoms with Crippen LogP contribution >= 0.6 is 0 Å². The summed E-state index contributed by atoms with van der Waals surface area (Å²) in [6, 6.07) is 9.55. The normalized spacial score (nSPS) is 10.9. The number of hydrogen-bond acceptors (Lipinski definition) is 3. The molecule has 0 saturated heterocycles. The lowest BCUT2D eigenvalue weighted by atomic mass is 10.1. The quantitative estimate of drug-likeness (QED) is 0.885. The van der Waals surface area contributed by atoms with Gasteiger partial charge in [0, 0.05) is 11.6 Å². The Kier molecular flexibility index (Phi) is 5.14. The zero-order valence-electron chi connectivity index (χ0n) is 12.8. The van der Waals surface area contributed by atoms with E-state index in [4.69, 9.17) is 4.52 Å². The van der Waals surface area contributed by atoms with Crippen molar-refractivity contribution >= 4 is 5.91 Å². The molecule has 0 spiro atoms. The highest BCUT2D eigenvalue weighted by Gasteiger charge is 2.09. The van der Waals surface area contributed by atoms with Gasteiger partial charge < -0.3 is 9.84 Å². The molecule has 1 aromatic carbocycles. The Morgan fingerprint density at radius 1 is 1.29 bits per heavy atom. The largest absolute Gasteiger partial charge is 0.359 e. The Morgan fingerprint density at radius 3 is 2.62 bits per heavy atom. The van der Waals surface area contributed by atoms with Crippen LogP contribution in [0.15, 0.2) is 34.9 Å². The zero-order chi connectivity index (χ0) is 15.2.